The summed E-state index contributed by atoms with van der Waals surface area (Å²) in [5.41, 5.74) is 1.75. The first-order valence-electron chi connectivity index (χ1n) is 9.80. The van der Waals surface area contributed by atoms with Gasteiger partial charge in [-0.3, -0.25) is 10.1 Å². The lowest BCUT2D eigenvalue weighted by Crippen LogP contribution is -2.38. The molecule has 1 fully saturated rings. The van der Waals surface area contributed by atoms with Gasteiger partial charge in [-0.1, -0.05) is 11.9 Å². The zero-order chi connectivity index (χ0) is 21.5. The van der Waals surface area contributed by atoms with E-state index < -0.39 is 12.1 Å². The van der Waals surface area contributed by atoms with Gasteiger partial charge in [0.25, 0.3) is 6.43 Å². The van der Waals surface area contributed by atoms with Crippen LogP contribution in [0.3, 0.4) is 0 Å². The molecule has 1 atom stereocenters. The van der Waals surface area contributed by atoms with Crippen LogP contribution in [-0.2, 0) is 0 Å². The number of nitrogens with zero attached hydrogens (tertiary/aromatic N) is 3. The van der Waals surface area contributed by atoms with Crippen LogP contribution in [0, 0.1) is 11.3 Å². The lowest BCUT2D eigenvalue weighted by Gasteiger charge is -2.34. The SMILES string of the molecule is CNc1cc(N2CCCC(CNSC)C2)cc(-c2cnc(/C=C\C(=N)C(F)F)[nH]2)n1. The monoisotopic (exact) mass is 435 g/mol. The van der Waals surface area contributed by atoms with E-state index in [0.717, 1.165) is 49.3 Å². The number of nitrogens with one attached hydrogen (secondary N) is 4. The lowest BCUT2D eigenvalue weighted by atomic mass is 9.98. The number of allylic oxidation sites excluding steroid dienone is 1. The molecule has 0 spiro atoms. The largest absolute Gasteiger partial charge is 0.373 e. The Morgan fingerprint density at radius 1 is 1.47 bits per heavy atom. The molecule has 2 aromatic rings. The maximum Gasteiger partial charge on any atom is 0.279 e. The quantitative estimate of drug-likeness (QED) is 0.353. The van der Waals surface area contributed by atoms with Crippen molar-refractivity contribution in [3.05, 3.63) is 30.2 Å². The minimum atomic E-state index is -2.80. The van der Waals surface area contributed by atoms with Crippen molar-refractivity contribution in [3.63, 3.8) is 0 Å². The number of hydrogen-bond acceptors (Lipinski definition) is 7. The Kier molecular flexibility index (Phi) is 7.81. The number of aromatic amines is 1. The highest BCUT2D eigenvalue weighted by molar-refractivity contribution is 7.96. The van der Waals surface area contributed by atoms with Gasteiger partial charge in [-0.05, 0) is 43.2 Å². The molecule has 3 heterocycles. The second kappa shape index (κ2) is 10.5. The number of H-pyrrole nitrogens is 1. The Balaban J connectivity index is 1.80. The highest BCUT2D eigenvalue weighted by Crippen LogP contribution is 2.29. The molecular formula is C20H27F2N7S. The topological polar surface area (TPSA) is 92.7 Å². The van der Waals surface area contributed by atoms with E-state index in [-0.39, 0.29) is 0 Å². The van der Waals surface area contributed by atoms with Gasteiger partial charge in [0.1, 0.15) is 11.6 Å². The lowest BCUT2D eigenvalue weighted by molar-refractivity contribution is 0.226. The number of anilines is 2. The molecule has 0 aliphatic carbocycles. The van der Waals surface area contributed by atoms with Crippen LogP contribution in [0.4, 0.5) is 20.3 Å². The zero-order valence-electron chi connectivity index (χ0n) is 17.1. The van der Waals surface area contributed by atoms with Crippen LogP contribution in [0.2, 0.25) is 0 Å². The number of imidazole rings is 1. The third kappa shape index (κ3) is 5.79. The average Bonchev–Trinajstić information content (AvgIpc) is 3.25. The van der Waals surface area contributed by atoms with Crippen LogP contribution < -0.4 is 14.9 Å². The Hall–Kier alpha value is -2.46. The second-order valence-electron chi connectivity index (χ2n) is 7.12. The molecule has 3 rings (SSSR count). The van der Waals surface area contributed by atoms with E-state index in [9.17, 15) is 8.78 Å². The van der Waals surface area contributed by atoms with Crippen LogP contribution in [0.25, 0.3) is 17.5 Å². The summed E-state index contributed by atoms with van der Waals surface area (Å²) in [6, 6.07) is 4.06. The summed E-state index contributed by atoms with van der Waals surface area (Å²) in [5.74, 6) is 1.74. The van der Waals surface area contributed by atoms with E-state index in [2.05, 4.69) is 29.9 Å². The van der Waals surface area contributed by atoms with Gasteiger partial charge in [-0.15, -0.1) is 0 Å². The smallest absolute Gasteiger partial charge is 0.279 e. The van der Waals surface area contributed by atoms with Gasteiger partial charge in [-0.25, -0.2) is 18.7 Å². The van der Waals surface area contributed by atoms with Gasteiger partial charge in [0.15, 0.2) is 0 Å². The van der Waals surface area contributed by atoms with Crippen LogP contribution in [0.1, 0.15) is 18.7 Å². The van der Waals surface area contributed by atoms with Crippen molar-refractivity contribution in [2.75, 3.05) is 43.2 Å². The standard InChI is InChI=1S/C20H27F2N7S/c1-24-19-9-14(29-7-3-4-13(12-29)10-26-30-2)8-16(27-19)17-11-25-18(28-17)6-5-15(23)20(21)22/h5-6,8-9,11,13,20,23,26H,3-4,7,10,12H2,1-2H3,(H,24,27)(H,25,28)/b6-5-,23-15?. The summed E-state index contributed by atoms with van der Waals surface area (Å²) in [6.45, 7) is 2.96. The predicted octanol–water partition coefficient (Wildman–Crippen LogP) is 3.90. The molecule has 0 aromatic carbocycles. The first kappa shape index (κ1) is 22.2. The molecule has 0 amide bonds. The second-order valence-corrected chi connectivity index (χ2v) is 7.82. The van der Waals surface area contributed by atoms with Crippen molar-refractivity contribution in [3.8, 4) is 11.4 Å². The van der Waals surface area contributed by atoms with E-state index in [1.54, 1.807) is 18.1 Å². The van der Waals surface area contributed by atoms with Gasteiger partial charge >= 0.3 is 0 Å². The molecule has 10 heteroatoms. The number of aromatic nitrogens is 3. The molecule has 1 saturated heterocycles. The summed E-state index contributed by atoms with van der Waals surface area (Å²) in [4.78, 5) is 14.3. The highest BCUT2D eigenvalue weighted by atomic mass is 32.2. The number of hydrogen-bond donors (Lipinski definition) is 4. The van der Waals surface area contributed by atoms with Crippen molar-refractivity contribution < 1.29 is 8.78 Å². The fraction of sp³-hybridized carbons (Fsp3) is 0.450. The first-order chi connectivity index (χ1) is 14.5. The molecule has 0 saturated carbocycles. The zero-order valence-corrected chi connectivity index (χ0v) is 17.9. The minimum Gasteiger partial charge on any atom is -0.373 e. The maximum atomic E-state index is 12.5. The summed E-state index contributed by atoms with van der Waals surface area (Å²) in [6.07, 6.45) is 5.64. The Labute approximate surface area is 179 Å². The normalized spacial score (nSPS) is 17.1. The van der Waals surface area contributed by atoms with Crippen molar-refractivity contribution >= 4 is 35.2 Å². The number of halogens is 2. The van der Waals surface area contributed by atoms with Gasteiger partial charge < -0.3 is 15.2 Å². The Bertz CT molecular complexity index is 884. The average molecular weight is 436 g/mol. The molecule has 0 bridgehead atoms. The van der Waals surface area contributed by atoms with Crippen LogP contribution in [0.15, 0.2) is 24.4 Å². The van der Waals surface area contributed by atoms with Crippen LogP contribution in [0.5, 0.6) is 0 Å². The molecule has 2 aromatic heterocycles. The van der Waals surface area contributed by atoms with Crippen LogP contribution >= 0.6 is 11.9 Å². The van der Waals surface area contributed by atoms with Gasteiger partial charge in [0.05, 0.1) is 23.3 Å². The third-order valence-electron chi connectivity index (χ3n) is 4.99. The van der Waals surface area contributed by atoms with Gasteiger partial charge in [0, 0.05) is 38.4 Å². The molecule has 1 aliphatic heterocycles. The van der Waals surface area contributed by atoms with Crippen molar-refractivity contribution in [1.29, 1.82) is 5.41 Å². The maximum absolute atomic E-state index is 12.5. The van der Waals surface area contributed by atoms with E-state index >= 15 is 0 Å². The molecular weight excluding hydrogens is 408 g/mol. The van der Waals surface area contributed by atoms with E-state index in [1.807, 2.05) is 25.4 Å². The molecule has 7 nitrogen and oxygen atoms in total. The minimum absolute atomic E-state index is 0.398. The third-order valence-corrected chi connectivity index (χ3v) is 5.45. The van der Waals surface area contributed by atoms with E-state index in [0.29, 0.717) is 17.4 Å². The highest BCUT2D eigenvalue weighted by Gasteiger charge is 2.21. The predicted molar refractivity (Wildman–Crippen MR) is 121 cm³/mol. The number of rotatable bonds is 9. The summed E-state index contributed by atoms with van der Waals surface area (Å²) >= 11 is 1.65. The van der Waals surface area contributed by atoms with Gasteiger partial charge in [0.2, 0.25) is 0 Å². The van der Waals surface area contributed by atoms with Crippen molar-refractivity contribution in [2.45, 2.75) is 19.3 Å². The molecule has 1 unspecified atom stereocenters. The number of pyridine rings is 1. The van der Waals surface area contributed by atoms with Crippen molar-refractivity contribution in [1.82, 2.24) is 19.7 Å². The van der Waals surface area contributed by atoms with Crippen LogP contribution in [-0.4, -0.2) is 60.0 Å². The summed E-state index contributed by atoms with van der Waals surface area (Å²) in [7, 11) is 1.83. The molecule has 4 N–H and O–H groups in total. The fourth-order valence-electron chi connectivity index (χ4n) is 3.43. The van der Waals surface area contributed by atoms with E-state index in [1.165, 1.54) is 12.5 Å². The Morgan fingerprint density at radius 2 is 2.30 bits per heavy atom. The summed E-state index contributed by atoms with van der Waals surface area (Å²) in [5, 5.41) is 10.3. The number of piperidine rings is 1. The van der Waals surface area contributed by atoms with Gasteiger partial charge in [-0.2, -0.15) is 0 Å². The molecule has 1 aliphatic rings. The summed E-state index contributed by atoms with van der Waals surface area (Å²) < 4.78 is 28.3. The van der Waals surface area contributed by atoms with E-state index in [4.69, 9.17) is 5.41 Å². The Morgan fingerprint density at radius 3 is 3.03 bits per heavy atom. The molecule has 30 heavy (non-hydrogen) atoms. The molecule has 0 radical (unpaired) electrons. The molecule has 162 valence electrons. The first-order valence-corrected chi connectivity index (χ1v) is 11.0. The van der Waals surface area contributed by atoms with Crippen molar-refractivity contribution in [2.24, 2.45) is 5.92 Å². The number of alkyl halides is 2. The fourth-order valence-corrected chi connectivity index (χ4v) is 3.83.